The van der Waals surface area contributed by atoms with E-state index >= 15 is 0 Å². The van der Waals surface area contributed by atoms with Crippen LogP contribution in [0.4, 0.5) is 0 Å². The minimum atomic E-state index is 0.0332. The maximum Gasteiger partial charge on any atom is 0.191 e. The predicted molar refractivity (Wildman–Crippen MR) is 96.6 cm³/mol. The lowest BCUT2D eigenvalue weighted by atomic mass is 9.48. The van der Waals surface area contributed by atoms with Gasteiger partial charge in [-0.15, -0.1) is 10.2 Å². The highest BCUT2D eigenvalue weighted by molar-refractivity contribution is 7.99. The second-order valence-corrected chi connectivity index (χ2v) is 10.6. The molecule has 6 aliphatic carbocycles. The summed E-state index contributed by atoms with van der Waals surface area (Å²) in [6.45, 7) is 0. The van der Waals surface area contributed by atoms with Crippen LogP contribution >= 0.6 is 11.8 Å². The Morgan fingerprint density at radius 1 is 1.00 bits per heavy atom. The summed E-state index contributed by atoms with van der Waals surface area (Å²) in [6, 6.07) is 0.614. The standard InChI is InChI=1S/C20H27N3OS/c24-17(20-8-12-5-13(9-20)7-14(6-12)10-20)11-25-19-22-21-18(15-1-2-15)23(19)16-3-4-16/h12-16H,1-11H2. The second kappa shape index (κ2) is 5.34. The Labute approximate surface area is 153 Å². The van der Waals surface area contributed by atoms with Gasteiger partial charge >= 0.3 is 0 Å². The Balaban J connectivity index is 1.19. The van der Waals surface area contributed by atoms with E-state index in [1.165, 1.54) is 70.0 Å². The highest BCUT2D eigenvalue weighted by Crippen LogP contribution is 2.60. The molecule has 25 heavy (non-hydrogen) atoms. The van der Waals surface area contributed by atoms with Crippen LogP contribution in [0.5, 0.6) is 0 Å². The van der Waals surface area contributed by atoms with Gasteiger partial charge in [0.05, 0.1) is 5.75 Å². The summed E-state index contributed by atoms with van der Waals surface area (Å²) < 4.78 is 2.38. The first-order valence-corrected chi connectivity index (χ1v) is 11.3. The van der Waals surface area contributed by atoms with Crippen molar-refractivity contribution in [3.05, 3.63) is 5.82 Å². The van der Waals surface area contributed by atoms with E-state index in [0.717, 1.165) is 22.9 Å². The van der Waals surface area contributed by atoms with Gasteiger partial charge in [0.1, 0.15) is 11.6 Å². The fraction of sp³-hybridized carbons (Fsp3) is 0.850. The van der Waals surface area contributed by atoms with Crippen molar-refractivity contribution in [3.63, 3.8) is 0 Å². The number of Topliss-reactive ketones (excluding diaryl/α,β-unsaturated/α-hetero) is 1. The summed E-state index contributed by atoms with van der Waals surface area (Å²) >= 11 is 1.68. The molecule has 0 unspecified atom stereocenters. The Bertz CT molecular complexity index is 683. The van der Waals surface area contributed by atoms with Gasteiger partial charge in [-0.25, -0.2) is 0 Å². The molecular weight excluding hydrogens is 330 g/mol. The minimum absolute atomic E-state index is 0.0332. The smallest absolute Gasteiger partial charge is 0.191 e. The molecule has 6 saturated carbocycles. The number of carbonyl (C=O) groups is 1. The molecule has 0 N–H and O–H groups in total. The Kier molecular flexibility index (Phi) is 3.25. The van der Waals surface area contributed by atoms with Crippen LogP contribution in [0.15, 0.2) is 5.16 Å². The molecule has 4 nitrogen and oxygen atoms in total. The van der Waals surface area contributed by atoms with Crippen molar-refractivity contribution in [2.24, 2.45) is 23.2 Å². The van der Waals surface area contributed by atoms with E-state index < -0.39 is 0 Å². The van der Waals surface area contributed by atoms with Crippen molar-refractivity contribution in [1.29, 1.82) is 0 Å². The fourth-order valence-electron chi connectivity index (χ4n) is 6.42. The summed E-state index contributed by atoms with van der Waals surface area (Å²) in [5, 5.41) is 9.99. The molecule has 1 aromatic rings. The average Bonchev–Trinajstić information content (AvgIpc) is 3.50. The fourth-order valence-corrected chi connectivity index (χ4v) is 7.46. The number of hydrogen-bond donors (Lipinski definition) is 0. The number of hydrogen-bond acceptors (Lipinski definition) is 4. The monoisotopic (exact) mass is 357 g/mol. The Morgan fingerprint density at radius 3 is 2.20 bits per heavy atom. The zero-order valence-corrected chi connectivity index (χ0v) is 15.6. The lowest BCUT2D eigenvalue weighted by molar-refractivity contribution is -0.141. The maximum atomic E-state index is 13.2. The molecule has 4 bridgehead atoms. The topological polar surface area (TPSA) is 47.8 Å². The van der Waals surface area contributed by atoms with Gasteiger partial charge in [-0.05, 0) is 82.0 Å². The van der Waals surface area contributed by atoms with E-state index in [0.29, 0.717) is 23.5 Å². The molecule has 0 amide bonds. The summed E-state index contributed by atoms with van der Waals surface area (Å²) in [6.07, 6.45) is 12.8. The molecule has 0 atom stereocenters. The average molecular weight is 358 g/mol. The number of aromatic nitrogens is 3. The van der Waals surface area contributed by atoms with Crippen molar-refractivity contribution in [2.45, 2.75) is 81.3 Å². The van der Waals surface area contributed by atoms with Gasteiger partial charge in [-0.1, -0.05) is 11.8 Å². The number of carbonyl (C=O) groups excluding carboxylic acids is 1. The third kappa shape index (κ3) is 2.52. The van der Waals surface area contributed by atoms with Crippen molar-refractivity contribution in [2.75, 3.05) is 5.75 Å². The Morgan fingerprint density at radius 2 is 1.64 bits per heavy atom. The van der Waals surface area contributed by atoms with Crippen LogP contribution in [0.1, 0.15) is 82.0 Å². The number of ketones is 1. The Hall–Kier alpha value is -0.840. The summed E-state index contributed by atoms with van der Waals surface area (Å²) in [4.78, 5) is 13.2. The van der Waals surface area contributed by atoms with Crippen molar-refractivity contribution in [1.82, 2.24) is 14.8 Å². The van der Waals surface area contributed by atoms with Crippen LogP contribution in [0, 0.1) is 23.2 Å². The van der Waals surface area contributed by atoms with E-state index in [1.54, 1.807) is 11.8 Å². The van der Waals surface area contributed by atoms with E-state index in [1.807, 2.05) is 0 Å². The lowest BCUT2D eigenvalue weighted by Crippen LogP contribution is -2.50. The van der Waals surface area contributed by atoms with Gasteiger partial charge in [0.15, 0.2) is 5.16 Å². The molecule has 1 heterocycles. The third-order valence-electron chi connectivity index (χ3n) is 7.51. The molecule has 6 aliphatic rings. The first kappa shape index (κ1) is 15.2. The highest BCUT2D eigenvalue weighted by Gasteiger charge is 2.54. The van der Waals surface area contributed by atoms with Crippen LogP contribution in [-0.4, -0.2) is 26.3 Å². The molecule has 1 aromatic heterocycles. The van der Waals surface area contributed by atoms with Crippen LogP contribution in [-0.2, 0) is 4.79 Å². The molecule has 0 spiro atoms. The molecule has 134 valence electrons. The van der Waals surface area contributed by atoms with Gasteiger partial charge in [0, 0.05) is 17.4 Å². The molecule has 0 saturated heterocycles. The first-order valence-electron chi connectivity index (χ1n) is 10.3. The van der Waals surface area contributed by atoms with E-state index in [2.05, 4.69) is 14.8 Å². The quantitative estimate of drug-likeness (QED) is 0.709. The molecule has 0 radical (unpaired) electrons. The molecule has 5 heteroatoms. The van der Waals surface area contributed by atoms with E-state index in [-0.39, 0.29) is 5.41 Å². The van der Waals surface area contributed by atoms with Crippen molar-refractivity contribution in [3.8, 4) is 0 Å². The zero-order valence-electron chi connectivity index (χ0n) is 14.8. The molecule has 0 aromatic carbocycles. The minimum Gasteiger partial charge on any atom is -0.303 e. The summed E-state index contributed by atoms with van der Waals surface area (Å²) in [5.41, 5.74) is 0.0332. The molecule has 6 fully saturated rings. The van der Waals surface area contributed by atoms with E-state index in [9.17, 15) is 4.79 Å². The van der Waals surface area contributed by atoms with Gasteiger partial charge in [-0.3, -0.25) is 4.79 Å². The zero-order chi connectivity index (χ0) is 16.6. The van der Waals surface area contributed by atoms with Gasteiger partial charge in [-0.2, -0.15) is 0 Å². The highest BCUT2D eigenvalue weighted by atomic mass is 32.2. The molecular formula is C20H27N3OS. The normalized spacial score (nSPS) is 39.1. The van der Waals surface area contributed by atoms with Crippen LogP contribution < -0.4 is 0 Å². The number of rotatable bonds is 6. The van der Waals surface area contributed by atoms with Crippen LogP contribution in [0.3, 0.4) is 0 Å². The first-order chi connectivity index (χ1) is 12.2. The largest absolute Gasteiger partial charge is 0.303 e. The van der Waals surface area contributed by atoms with Crippen LogP contribution in [0.25, 0.3) is 0 Å². The van der Waals surface area contributed by atoms with Crippen molar-refractivity contribution >= 4 is 17.5 Å². The summed E-state index contributed by atoms with van der Waals surface area (Å²) in [5.74, 6) is 5.51. The second-order valence-electron chi connectivity index (χ2n) is 9.63. The van der Waals surface area contributed by atoms with E-state index in [4.69, 9.17) is 0 Å². The van der Waals surface area contributed by atoms with Crippen LogP contribution in [0.2, 0.25) is 0 Å². The number of nitrogens with zero attached hydrogens (tertiary/aromatic N) is 3. The SMILES string of the molecule is O=C(CSc1nnc(C2CC2)n1C1CC1)C12CC3CC(CC(C3)C1)C2. The van der Waals surface area contributed by atoms with Gasteiger partial charge in [0.25, 0.3) is 0 Å². The lowest BCUT2D eigenvalue weighted by Gasteiger charge is -2.56. The van der Waals surface area contributed by atoms with Crippen molar-refractivity contribution < 1.29 is 4.79 Å². The predicted octanol–water partition coefficient (Wildman–Crippen LogP) is 4.37. The number of thioether (sulfide) groups is 1. The molecule has 7 rings (SSSR count). The van der Waals surface area contributed by atoms with Gasteiger partial charge < -0.3 is 4.57 Å². The maximum absolute atomic E-state index is 13.2. The molecule has 0 aliphatic heterocycles. The summed E-state index contributed by atoms with van der Waals surface area (Å²) in [7, 11) is 0. The third-order valence-corrected chi connectivity index (χ3v) is 8.45. The van der Waals surface area contributed by atoms with Gasteiger partial charge in [0.2, 0.25) is 0 Å².